The van der Waals surface area contributed by atoms with E-state index in [1.165, 1.54) is 32.1 Å². The van der Waals surface area contributed by atoms with Crippen molar-refractivity contribution in [2.75, 3.05) is 5.33 Å². The van der Waals surface area contributed by atoms with Crippen LogP contribution in [0.2, 0.25) is 0 Å². The van der Waals surface area contributed by atoms with Gasteiger partial charge in [-0.3, -0.25) is 0 Å². The number of hydrogen-bond donors (Lipinski definition) is 0. The molecular formula is C11H21BrMg. The van der Waals surface area contributed by atoms with Crippen LogP contribution in [-0.2, 0) is 0 Å². The number of rotatable bonds is 7. The summed E-state index contributed by atoms with van der Waals surface area (Å²) in [5.41, 5.74) is 0. The Morgan fingerprint density at radius 1 is 1.08 bits per heavy atom. The van der Waals surface area contributed by atoms with Crippen LogP contribution in [0.15, 0.2) is 24.3 Å². The molecule has 0 unspecified atom stereocenters. The van der Waals surface area contributed by atoms with Gasteiger partial charge in [0.2, 0.25) is 0 Å². The largest absolute Gasteiger partial charge is 2.00 e. The fraction of sp³-hybridized carbons (Fsp3) is 0.636. The molecule has 13 heavy (non-hydrogen) atoms. The van der Waals surface area contributed by atoms with Crippen LogP contribution in [0.4, 0.5) is 0 Å². The third kappa shape index (κ3) is 15.5. The minimum absolute atomic E-state index is 0. The summed E-state index contributed by atoms with van der Waals surface area (Å²) in [5, 5.41) is 1.11. The molecule has 0 saturated carbocycles. The van der Waals surface area contributed by atoms with Crippen molar-refractivity contribution in [1.82, 2.24) is 0 Å². The first-order valence-corrected chi connectivity index (χ1v) is 5.91. The van der Waals surface area contributed by atoms with E-state index in [-0.39, 0.29) is 25.9 Å². The molecule has 0 rings (SSSR count). The van der Waals surface area contributed by atoms with Gasteiger partial charge in [-0.05, 0) is 19.3 Å². The van der Waals surface area contributed by atoms with E-state index in [0.29, 0.717) is 0 Å². The Labute approximate surface area is 110 Å². The van der Waals surface area contributed by atoms with E-state index < -0.39 is 0 Å². The van der Waals surface area contributed by atoms with Crippen LogP contribution in [-0.4, -0.2) is 28.4 Å². The van der Waals surface area contributed by atoms with Crippen molar-refractivity contribution in [2.24, 2.45) is 0 Å². The maximum Gasteiger partial charge on any atom is 2.00 e. The third-order valence-corrected chi connectivity index (χ3v) is 2.17. The average Bonchev–Trinajstić information content (AvgIpc) is 2.10. The SMILES string of the molecule is CCCC/C=C\C=C\CCCBr.[H-].[H-].[Mg+2]. The molecule has 0 aliphatic carbocycles. The van der Waals surface area contributed by atoms with Crippen molar-refractivity contribution in [3.05, 3.63) is 24.3 Å². The van der Waals surface area contributed by atoms with Crippen molar-refractivity contribution in [3.63, 3.8) is 0 Å². The first-order valence-electron chi connectivity index (χ1n) is 4.79. The Kier molecular flexibility index (Phi) is 18.9. The Hall–Kier alpha value is 0.726. The first kappa shape index (κ1) is 16.2. The summed E-state index contributed by atoms with van der Waals surface area (Å²) in [5.74, 6) is 0. The minimum Gasteiger partial charge on any atom is -1.00 e. The summed E-state index contributed by atoms with van der Waals surface area (Å²) in [6, 6.07) is 0. The van der Waals surface area contributed by atoms with Crippen molar-refractivity contribution < 1.29 is 2.85 Å². The summed E-state index contributed by atoms with van der Waals surface area (Å²) in [7, 11) is 0. The van der Waals surface area contributed by atoms with Crippen molar-refractivity contribution >= 4 is 39.0 Å². The van der Waals surface area contributed by atoms with Crippen molar-refractivity contribution in [3.8, 4) is 0 Å². The van der Waals surface area contributed by atoms with Gasteiger partial charge in [0, 0.05) is 5.33 Å². The van der Waals surface area contributed by atoms with Gasteiger partial charge in [0.15, 0.2) is 0 Å². The predicted molar refractivity (Wildman–Crippen MR) is 68.8 cm³/mol. The minimum atomic E-state index is 0. The molecule has 2 heteroatoms. The van der Waals surface area contributed by atoms with Crippen LogP contribution in [0.25, 0.3) is 0 Å². The van der Waals surface area contributed by atoms with E-state index in [9.17, 15) is 0 Å². The molecule has 0 aromatic rings. The number of alkyl halides is 1. The molecule has 0 aromatic heterocycles. The van der Waals surface area contributed by atoms with Crippen LogP contribution in [0.5, 0.6) is 0 Å². The molecular weight excluding hydrogens is 236 g/mol. The molecule has 0 aromatic carbocycles. The fourth-order valence-corrected chi connectivity index (χ4v) is 1.19. The molecule has 0 aliphatic rings. The molecule has 74 valence electrons. The van der Waals surface area contributed by atoms with Gasteiger partial charge in [-0.1, -0.05) is 60.0 Å². The maximum atomic E-state index is 3.40. The van der Waals surface area contributed by atoms with Gasteiger partial charge in [-0.15, -0.1) is 0 Å². The maximum absolute atomic E-state index is 3.40. The Balaban J connectivity index is -0.000000202. The van der Waals surface area contributed by atoms with Gasteiger partial charge in [0.05, 0.1) is 0 Å². The molecule has 0 aliphatic heterocycles. The van der Waals surface area contributed by atoms with E-state index in [1.54, 1.807) is 0 Å². The van der Waals surface area contributed by atoms with Gasteiger partial charge in [0.25, 0.3) is 0 Å². The van der Waals surface area contributed by atoms with E-state index in [0.717, 1.165) is 5.33 Å². The van der Waals surface area contributed by atoms with Gasteiger partial charge in [0.1, 0.15) is 0 Å². The summed E-state index contributed by atoms with van der Waals surface area (Å²) in [6.45, 7) is 2.22. The standard InChI is InChI=1S/C11H19Br.Mg.2H/c1-2-3-4-5-6-7-8-9-10-11-12;;;/h5-8H,2-4,9-11H2,1H3;;;/q;+2;2*-1/b6-5-,8-7+;;;. The topological polar surface area (TPSA) is 0 Å². The summed E-state index contributed by atoms with van der Waals surface area (Å²) >= 11 is 3.40. The zero-order valence-corrected chi connectivity index (χ0v) is 11.6. The van der Waals surface area contributed by atoms with E-state index in [2.05, 4.69) is 47.2 Å². The van der Waals surface area contributed by atoms with Crippen LogP contribution in [0, 0.1) is 0 Å². The van der Waals surface area contributed by atoms with E-state index in [1.807, 2.05) is 0 Å². The van der Waals surface area contributed by atoms with Crippen molar-refractivity contribution in [2.45, 2.75) is 39.0 Å². The Morgan fingerprint density at radius 2 is 1.62 bits per heavy atom. The van der Waals surface area contributed by atoms with E-state index >= 15 is 0 Å². The van der Waals surface area contributed by atoms with Crippen LogP contribution in [0.1, 0.15) is 41.9 Å². The molecule has 0 fully saturated rings. The monoisotopic (exact) mass is 256 g/mol. The zero-order chi connectivity index (χ0) is 9.07. The molecule has 0 amide bonds. The van der Waals surface area contributed by atoms with Crippen LogP contribution < -0.4 is 0 Å². The number of hydrogen-bond acceptors (Lipinski definition) is 0. The van der Waals surface area contributed by atoms with Crippen LogP contribution in [0.3, 0.4) is 0 Å². The third-order valence-electron chi connectivity index (χ3n) is 1.61. The molecule has 0 N–H and O–H groups in total. The second kappa shape index (κ2) is 15.2. The summed E-state index contributed by atoms with van der Waals surface area (Å²) < 4.78 is 0. The van der Waals surface area contributed by atoms with Crippen LogP contribution >= 0.6 is 15.9 Å². The predicted octanol–water partition coefficient (Wildman–Crippen LogP) is 4.31. The molecule has 0 atom stereocenters. The second-order valence-corrected chi connectivity index (χ2v) is 3.62. The number of unbranched alkanes of at least 4 members (excludes halogenated alkanes) is 3. The molecule has 0 heterocycles. The van der Waals surface area contributed by atoms with Crippen molar-refractivity contribution in [1.29, 1.82) is 0 Å². The fourth-order valence-electron chi connectivity index (χ4n) is 0.867. The summed E-state index contributed by atoms with van der Waals surface area (Å²) in [4.78, 5) is 0. The summed E-state index contributed by atoms with van der Waals surface area (Å²) in [6.07, 6.45) is 15.0. The van der Waals surface area contributed by atoms with E-state index in [4.69, 9.17) is 0 Å². The molecule has 0 bridgehead atoms. The van der Waals surface area contributed by atoms with Gasteiger partial charge in [-0.25, -0.2) is 0 Å². The molecule has 0 saturated heterocycles. The van der Waals surface area contributed by atoms with Gasteiger partial charge in [-0.2, -0.15) is 0 Å². The van der Waals surface area contributed by atoms with Gasteiger partial charge >= 0.3 is 23.1 Å². The quantitative estimate of drug-likeness (QED) is 0.276. The average molecular weight is 257 g/mol. The Morgan fingerprint density at radius 3 is 2.08 bits per heavy atom. The molecule has 0 spiro atoms. The second-order valence-electron chi connectivity index (χ2n) is 2.83. The normalized spacial score (nSPS) is 10.9. The number of allylic oxidation sites excluding steroid dienone is 4. The Bertz CT molecular complexity index is 123. The molecule has 0 nitrogen and oxygen atoms in total. The smallest absolute Gasteiger partial charge is 1.00 e. The number of halogens is 1. The zero-order valence-electron chi connectivity index (χ0n) is 10.6. The molecule has 0 radical (unpaired) electrons. The first-order chi connectivity index (χ1) is 5.91. The van der Waals surface area contributed by atoms with Gasteiger partial charge < -0.3 is 2.85 Å².